The average Bonchev–Trinajstić information content (AvgIpc) is 3.00. The van der Waals surface area contributed by atoms with Gasteiger partial charge in [0.05, 0.1) is 24.2 Å². The van der Waals surface area contributed by atoms with Crippen LogP contribution in [0.3, 0.4) is 0 Å². The molecule has 1 aliphatic heterocycles. The van der Waals surface area contributed by atoms with Crippen molar-refractivity contribution in [2.45, 2.75) is 13.3 Å². The zero-order valence-electron chi connectivity index (χ0n) is 15.3. The van der Waals surface area contributed by atoms with E-state index in [0.29, 0.717) is 35.8 Å². The summed E-state index contributed by atoms with van der Waals surface area (Å²) >= 11 is 0. The number of carbonyl (C=O) groups is 1. The molecule has 27 heavy (non-hydrogen) atoms. The van der Waals surface area contributed by atoms with Crippen molar-refractivity contribution >= 4 is 27.3 Å². The van der Waals surface area contributed by atoms with Crippen LogP contribution in [-0.4, -0.2) is 40.3 Å². The number of carbonyl (C=O) groups excluding carboxylic acids is 1. The first kappa shape index (κ1) is 19.0. The summed E-state index contributed by atoms with van der Waals surface area (Å²) in [6.07, 6.45) is 0.584. The van der Waals surface area contributed by atoms with E-state index in [0.717, 1.165) is 5.56 Å². The summed E-state index contributed by atoms with van der Waals surface area (Å²) in [6.45, 7) is 2.16. The van der Waals surface area contributed by atoms with Crippen molar-refractivity contribution in [3.63, 3.8) is 0 Å². The van der Waals surface area contributed by atoms with Gasteiger partial charge < -0.3 is 14.8 Å². The van der Waals surface area contributed by atoms with Gasteiger partial charge in [-0.15, -0.1) is 0 Å². The van der Waals surface area contributed by atoms with Crippen molar-refractivity contribution in [3.8, 4) is 11.5 Å². The molecular formula is C19H22N2O5S. The van der Waals surface area contributed by atoms with E-state index in [1.165, 1.54) is 11.4 Å². The van der Waals surface area contributed by atoms with Gasteiger partial charge in [0.1, 0.15) is 11.5 Å². The predicted octanol–water partition coefficient (Wildman–Crippen LogP) is 2.56. The van der Waals surface area contributed by atoms with Gasteiger partial charge in [-0.2, -0.15) is 0 Å². The van der Waals surface area contributed by atoms with Crippen molar-refractivity contribution in [2.75, 3.05) is 35.6 Å². The lowest BCUT2D eigenvalue weighted by Gasteiger charge is -2.19. The molecule has 1 N–H and O–H groups in total. The number of sulfonamides is 1. The highest BCUT2D eigenvalue weighted by Gasteiger charge is 2.29. The third kappa shape index (κ3) is 4.33. The van der Waals surface area contributed by atoms with E-state index in [4.69, 9.17) is 9.47 Å². The molecule has 0 saturated carbocycles. The van der Waals surface area contributed by atoms with Gasteiger partial charge in [0.25, 0.3) is 5.91 Å². The fourth-order valence-corrected chi connectivity index (χ4v) is 4.48. The molecule has 2 aromatic rings. The number of anilines is 2. The third-order valence-electron chi connectivity index (χ3n) is 4.30. The molecule has 0 radical (unpaired) electrons. The van der Waals surface area contributed by atoms with E-state index in [9.17, 15) is 13.2 Å². The largest absolute Gasteiger partial charge is 0.495 e. The number of aryl methyl sites for hydroxylation is 1. The Labute approximate surface area is 158 Å². The summed E-state index contributed by atoms with van der Waals surface area (Å²) in [5.74, 6) is 0.847. The highest BCUT2D eigenvalue weighted by molar-refractivity contribution is 7.93. The SMILES string of the molecule is COc1ccc(N2CCCS2(=O)=O)cc1NC(=O)COc1ccccc1C. The van der Waals surface area contributed by atoms with Crippen LogP contribution in [0.4, 0.5) is 11.4 Å². The third-order valence-corrected chi connectivity index (χ3v) is 6.17. The number of hydrogen-bond donors (Lipinski definition) is 1. The molecule has 1 saturated heterocycles. The van der Waals surface area contributed by atoms with E-state index in [1.807, 2.05) is 25.1 Å². The van der Waals surface area contributed by atoms with Crippen molar-refractivity contribution in [1.82, 2.24) is 0 Å². The zero-order chi connectivity index (χ0) is 19.4. The molecule has 1 heterocycles. The quantitative estimate of drug-likeness (QED) is 0.819. The van der Waals surface area contributed by atoms with Crippen molar-refractivity contribution in [2.24, 2.45) is 0 Å². The molecule has 0 aliphatic carbocycles. The Morgan fingerprint density at radius 1 is 1.19 bits per heavy atom. The van der Waals surface area contributed by atoms with Crippen LogP contribution in [0.2, 0.25) is 0 Å². The number of nitrogens with one attached hydrogen (secondary N) is 1. The maximum Gasteiger partial charge on any atom is 0.262 e. The minimum Gasteiger partial charge on any atom is -0.495 e. The van der Waals surface area contributed by atoms with Crippen LogP contribution < -0.4 is 19.1 Å². The number of methoxy groups -OCH3 is 1. The number of hydrogen-bond acceptors (Lipinski definition) is 5. The van der Waals surface area contributed by atoms with E-state index in [2.05, 4.69) is 5.32 Å². The van der Waals surface area contributed by atoms with Gasteiger partial charge >= 0.3 is 0 Å². The van der Waals surface area contributed by atoms with Gasteiger partial charge in [0.15, 0.2) is 6.61 Å². The molecule has 1 fully saturated rings. The first-order valence-corrected chi connectivity index (χ1v) is 10.2. The molecule has 1 amide bonds. The summed E-state index contributed by atoms with van der Waals surface area (Å²) in [7, 11) is -1.81. The molecule has 2 aromatic carbocycles. The minimum absolute atomic E-state index is 0.130. The normalized spacial score (nSPS) is 15.4. The van der Waals surface area contributed by atoms with Crippen LogP contribution in [0.15, 0.2) is 42.5 Å². The van der Waals surface area contributed by atoms with Gasteiger partial charge in [-0.3, -0.25) is 9.10 Å². The number of rotatable bonds is 6. The van der Waals surface area contributed by atoms with Gasteiger partial charge in [0, 0.05) is 6.54 Å². The lowest BCUT2D eigenvalue weighted by molar-refractivity contribution is -0.118. The molecule has 0 aromatic heterocycles. The Bertz CT molecular complexity index is 943. The van der Waals surface area contributed by atoms with E-state index in [1.54, 1.807) is 24.3 Å². The number of nitrogens with zero attached hydrogens (tertiary/aromatic N) is 1. The Balaban J connectivity index is 1.74. The van der Waals surface area contributed by atoms with Crippen LogP contribution in [-0.2, 0) is 14.8 Å². The van der Waals surface area contributed by atoms with Crippen LogP contribution in [0, 0.1) is 6.92 Å². The summed E-state index contributed by atoms with van der Waals surface area (Å²) in [5, 5.41) is 2.73. The Morgan fingerprint density at radius 3 is 2.63 bits per heavy atom. The monoisotopic (exact) mass is 390 g/mol. The Morgan fingerprint density at radius 2 is 1.96 bits per heavy atom. The van der Waals surface area contributed by atoms with Crippen molar-refractivity contribution < 1.29 is 22.7 Å². The first-order valence-electron chi connectivity index (χ1n) is 8.57. The molecule has 144 valence electrons. The van der Waals surface area contributed by atoms with Gasteiger partial charge in [-0.05, 0) is 43.2 Å². The maximum atomic E-state index is 12.3. The second kappa shape index (κ2) is 7.87. The molecule has 0 spiro atoms. The summed E-state index contributed by atoms with van der Waals surface area (Å²) < 4.78 is 36.4. The molecular weight excluding hydrogens is 368 g/mol. The lowest BCUT2D eigenvalue weighted by atomic mass is 10.2. The summed E-state index contributed by atoms with van der Waals surface area (Å²) in [4.78, 5) is 12.3. The fourth-order valence-electron chi connectivity index (χ4n) is 2.93. The van der Waals surface area contributed by atoms with Gasteiger partial charge in [-0.25, -0.2) is 8.42 Å². The highest BCUT2D eigenvalue weighted by Crippen LogP contribution is 2.32. The Kier molecular flexibility index (Phi) is 5.55. The van der Waals surface area contributed by atoms with Crippen molar-refractivity contribution in [1.29, 1.82) is 0 Å². The van der Waals surface area contributed by atoms with Crippen LogP contribution in [0.5, 0.6) is 11.5 Å². The smallest absolute Gasteiger partial charge is 0.262 e. The van der Waals surface area contributed by atoms with Crippen LogP contribution in [0.25, 0.3) is 0 Å². The number of amides is 1. The standard InChI is InChI=1S/C19H22N2O5S/c1-14-6-3-4-7-17(14)26-13-19(22)20-16-12-15(8-9-18(16)25-2)21-10-5-11-27(21,23)24/h3-4,6-9,12H,5,10-11,13H2,1-2H3,(H,20,22). The summed E-state index contributed by atoms with van der Waals surface area (Å²) in [6, 6.07) is 12.3. The van der Waals surface area contributed by atoms with Crippen LogP contribution >= 0.6 is 0 Å². The number of ether oxygens (including phenoxy) is 2. The summed E-state index contributed by atoms with van der Waals surface area (Å²) in [5.41, 5.74) is 1.84. The van der Waals surface area contributed by atoms with Gasteiger partial charge in [-0.1, -0.05) is 18.2 Å². The molecule has 8 heteroatoms. The lowest BCUT2D eigenvalue weighted by Crippen LogP contribution is -2.25. The second-order valence-corrected chi connectivity index (χ2v) is 8.24. The first-order chi connectivity index (χ1) is 12.9. The Hall–Kier alpha value is -2.74. The molecule has 0 atom stereocenters. The molecule has 1 aliphatic rings. The molecule has 0 bridgehead atoms. The van der Waals surface area contributed by atoms with E-state index in [-0.39, 0.29) is 18.3 Å². The molecule has 3 rings (SSSR count). The van der Waals surface area contributed by atoms with Crippen LogP contribution in [0.1, 0.15) is 12.0 Å². The topological polar surface area (TPSA) is 84.9 Å². The predicted molar refractivity (Wildman–Crippen MR) is 104 cm³/mol. The average molecular weight is 390 g/mol. The highest BCUT2D eigenvalue weighted by atomic mass is 32.2. The maximum absolute atomic E-state index is 12.3. The number of para-hydroxylation sites is 1. The molecule has 7 nitrogen and oxygen atoms in total. The fraction of sp³-hybridized carbons (Fsp3) is 0.316. The van der Waals surface area contributed by atoms with E-state index < -0.39 is 10.0 Å². The minimum atomic E-state index is -3.30. The van der Waals surface area contributed by atoms with Crippen molar-refractivity contribution in [3.05, 3.63) is 48.0 Å². The van der Waals surface area contributed by atoms with E-state index >= 15 is 0 Å². The molecule has 0 unspecified atom stereocenters. The number of benzene rings is 2. The van der Waals surface area contributed by atoms with Gasteiger partial charge in [0.2, 0.25) is 10.0 Å². The second-order valence-electron chi connectivity index (χ2n) is 6.23. The zero-order valence-corrected chi connectivity index (χ0v) is 16.1.